The zero-order valence-electron chi connectivity index (χ0n) is 10.5. The number of halogens is 4. The van der Waals surface area contributed by atoms with Crippen molar-refractivity contribution in [3.8, 4) is 0 Å². The molecule has 0 rings (SSSR count). The first kappa shape index (κ1) is 16.4. The smallest absolute Gasteiger partial charge is 0.344 e. The van der Waals surface area contributed by atoms with Crippen LogP contribution in [0.3, 0.4) is 0 Å². The Balaban J connectivity index is 5.51. The molecule has 0 aliphatic heterocycles. The van der Waals surface area contributed by atoms with Gasteiger partial charge in [0.25, 0.3) is 0 Å². The fourth-order valence-electron chi connectivity index (χ4n) is 1.33. The second kappa shape index (κ2) is 4.57. The molecule has 0 aromatic heterocycles. The van der Waals surface area contributed by atoms with Gasteiger partial charge in [-0.05, 0) is 32.6 Å². The van der Waals surface area contributed by atoms with Crippen molar-refractivity contribution in [1.82, 2.24) is 0 Å². The molecule has 0 saturated carbocycles. The lowest BCUT2D eigenvalue weighted by Crippen LogP contribution is -2.59. The van der Waals surface area contributed by atoms with Crippen LogP contribution < -0.4 is 0 Å². The van der Waals surface area contributed by atoms with E-state index in [1.165, 1.54) is 0 Å². The van der Waals surface area contributed by atoms with Crippen LogP contribution in [0, 0.1) is 0 Å². The van der Waals surface area contributed by atoms with E-state index in [2.05, 4.69) is 13.2 Å². The van der Waals surface area contributed by atoms with E-state index in [-0.39, 0.29) is 6.08 Å². The maximum atomic E-state index is 13.8. The van der Waals surface area contributed by atoms with E-state index < -0.39 is 25.8 Å². The topological polar surface area (TPSA) is 9.23 Å². The number of allylic oxidation sites excluding steroid dienone is 1. The average molecular weight is 270 g/mol. The molecule has 17 heavy (non-hydrogen) atoms. The van der Waals surface area contributed by atoms with Crippen molar-refractivity contribution in [2.24, 2.45) is 0 Å². The van der Waals surface area contributed by atoms with Gasteiger partial charge >= 0.3 is 11.8 Å². The molecule has 0 saturated heterocycles. The Kier molecular flexibility index (Phi) is 4.40. The van der Waals surface area contributed by atoms with E-state index in [0.29, 0.717) is 0 Å². The van der Waals surface area contributed by atoms with Gasteiger partial charge in [-0.2, -0.15) is 17.6 Å². The molecule has 1 unspecified atom stereocenters. The van der Waals surface area contributed by atoms with Gasteiger partial charge in [-0.25, -0.2) is 0 Å². The van der Waals surface area contributed by atoms with Gasteiger partial charge in [-0.15, -0.1) is 6.58 Å². The molecule has 1 nitrogen and oxygen atoms in total. The van der Waals surface area contributed by atoms with Crippen LogP contribution in [0.1, 0.15) is 6.92 Å². The molecule has 0 aromatic carbocycles. The maximum absolute atomic E-state index is 13.8. The van der Waals surface area contributed by atoms with Crippen LogP contribution in [0.5, 0.6) is 0 Å². The van der Waals surface area contributed by atoms with Gasteiger partial charge in [0.1, 0.15) is 5.60 Å². The summed E-state index contributed by atoms with van der Waals surface area (Å²) in [5.41, 5.74) is -2.42. The number of alkyl halides is 4. The molecule has 0 aliphatic carbocycles. The minimum Gasteiger partial charge on any atom is -0.403 e. The van der Waals surface area contributed by atoms with E-state index in [4.69, 9.17) is 4.43 Å². The van der Waals surface area contributed by atoms with E-state index in [0.717, 1.165) is 13.0 Å². The van der Waals surface area contributed by atoms with E-state index in [1.807, 2.05) is 0 Å². The second-order valence-corrected chi connectivity index (χ2v) is 9.36. The summed E-state index contributed by atoms with van der Waals surface area (Å²) >= 11 is 0. The Labute approximate surface area is 100 Å². The van der Waals surface area contributed by atoms with Gasteiger partial charge in [0.2, 0.25) is 0 Å². The normalized spacial score (nSPS) is 17.4. The van der Waals surface area contributed by atoms with Crippen molar-refractivity contribution in [2.75, 3.05) is 0 Å². The Hall–Kier alpha value is -0.623. The summed E-state index contributed by atoms with van der Waals surface area (Å²) in [5.74, 6) is -8.75. The van der Waals surface area contributed by atoms with E-state index in [9.17, 15) is 17.6 Å². The lowest BCUT2D eigenvalue weighted by atomic mass is 9.93. The van der Waals surface area contributed by atoms with Crippen molar-refractivity contribution in [1.29, 1.82) is 0 Å². The highest BCUT2D eigenvalue weighted by molar-refractivity contribution is 6.69. The van der Waals surface area contributed by atoms with Crippen molar-refractivity contribution in [3.05, 3.63) is 25.3 Å². The SMILES string of the molecule is C=CC(F)(F)C(F)(F)C(C)(C=C)O[Si](C)(C)C. The first-order chi connectivity index (χ1) is 7.33. The molecule has 0 amide bonds. The first-order valence-electron chi connectivity index (χ1n) is 5.06. The lowest BCUT2D eigenvalue weighted by Gasteiger charge is -2.41. The van der Waals surface area contributed by atoms with Crippen LogP contribution in [-0.4, -0.2) is 25.8 Å². The summed E-state index contributed by atoms with van der Waals surface area (Å²) in [5, 5.41) is 0. The first-order valence-corrected chi connectivity index (χ1v) is 8.47. The van der Waals surface area contributed by atoms with Crippen molar-refractivity contribution in [3.63, 3.8) is 0 Å². The molecule has 0 bridgehead atoms. The van der Waals surface area contributed by atoms with E-state index >= 15 is 0 Å². The molecule has 0 aromatic rings. The van der Waals surface area contributed by atoms with E-state index in [1.54, 1.807) is 19.6 Å². The van der Waals surface area contributed by atoms with Gasteiger partial charge in [-0.3, -0.25) is 0 Å². The highest BCUT2D eigenvalue weighted by Gasteiger charge is 2.65. The van der Waals surface area contributed by atoms with Crippen LogP contribution in [0.4, 0.5) is 17.6 Å². The molecule has 0 radical (unpaired) electrons. The number of hydrogen-bond acceptors (Lipinski definition) is 1. The summed E-state index contributed by atoms with van der Waals surface area (Å²) in [7, 11) is -2.43. The fourth-order valence-corrected chi connectivity index (χ4v) is 2.81. The standard InChI is InChI=1S/C11H18F4OSi/c1-7-9(3,16-17(4,5)6)11(14,15)10(12,13)8-2/h7-8H,1-2H2,3-6H3. The molecule has 6 heteroatoms. The maximum Gasteiger partial charge on any atom is 0.344 e. The summed E-state index contributed by atoms with van der Waals surface area (Å²) in [6, 6.07) is 0. The molecule has 1 atom stereocenters. The van der Waals surface area contributed by atoms with Crippen molar-refractivity contribution < 1.29 is 22.0 Å². The van der Waals surface area contributed by atoms with Gasteiger partial charge < -0.3 is 4.43 Å². The third-order valence-electron chi connectivity index (χ3n) is 2.21. The van der Waals surface area contributed by atoms with Gasteiger partial charge in [0, 0.05) is 0 Å². The van der Waals surface area contributed by atoms with Crippen LogP contribution in [0.2, 0.25) is 19.6 Å². The predicted octanol–water partition coefficient (Wildman–Crippen LogP) is 4.24. The Morgan fingerprint density at radius 3 is 1.65 bits per heavy atom. The molecule has 0 fully saturated rings. The van der Waals surface area contributed by atoms with Crippen LogP contribution in [0.15, 0.2) is 25.3 Å². The quantitative estimate of drug-likeness (QED) is 0.398. The molecular weight excluding hydrogens is 252 g/mol. The third-order valence-corrected chi connectivity index (χ3v) is 3.24. The number of rotatable bonds is 6. The van der Waals surface area contributed by atoms with Gasteiger partial charge in [0.15, 0.2) is 8.32 Å². The molecule has 0 heterocycles. The second-order valence-electron chi connectivity index (χ2n) is 4.93. The van der Waals surface area contributed by atoms with Gasteiger partial charge in [-0.1, -0.05) is 12.7 Å². The lowest BCUT2D eigenvalue weighted by molar-refractivity contribution is -0.246. The van der Waals surface area contributed by atoms with Crippen LogP contribution in [0.25, 0.3) is 0 Å². The average Bonchev–Trinajstić information content (AvgIpc) is 2.14. The highest BCUT2D eigenvalue weighted by atomic mass is 28.4. The minimum atomic E-state index is -4.40. The highest BCUT2D eigenvalue weighted by Crippen LogP contribution is 2.46. The monoisotopic (exact) mass is 270 g/mol. The molecular formula is C11H18F4OSi. The summed E-state index contributed by atoms with van der Waals surface area (Å²) in [6.45, 7) is 11.7. The van der Waals surface area contributed by atoms with Crippen LogP contribution >= 0.6 is 0 Å². The summed E-state index contributed by atoms with van der Waals surface area (Å²) in [6.07, 6.45) is 0.658. The fraction of sp³-hybridized carbons (Fsp3) is 0.636. The minimum absolute atomic E-state index is 0.0671. The molecule has 0 spiro atoms. The predicted molar refractivity (Wildman–Crippen MR) is 63.1 cm³/mol. The Morgan fingerprint density at radius 2 is 1.41 bits per heavy atom. The summed E-state index contributed by atoms with van der Waals surface area (Å²) < 4.78 is 59.2. The van der Waals surface area contributed by atoms with Gasteiger partial charge in [0.05, 0.1) is 0 Å². The Bertz CT molecular complexity index is 309. The summed E-state index contributed by atoms with van der Waals surface area (Å²) in [4.78, 5) is 0. The molecule has 100 valence electrons. The number of hydrogen-bond donors (Lipinski definition) is 0. The third kappa shape index (κ3) is 3.19. The Morgan fingerprint density at radius 1 is 1.00 bits per heavy atom. The zero-order chi connectivity index (χ0) is 14.1. The zero-order valence-corrected chi connectivity index (χ0v) is 11.5. The molecule has 0 N–H and O–H groups in total. The molecule has 0 aliphatic rings. The van der Waals surface area contributed by atoms with Crippen LogP contribution in [-0.2, 0) is 4.43 Å². The largest absolute Gasteiger partial charge is 0.403 e. The van der Waals surface area contributed by atoms with Crippen molar-refractivity contribution >= 4 is 8.32 Å². The van der Waals surface area contributed by atoms with Crippen molar-refractivity contribution in [2.45, 2.75) is 44.0 Å².